The maximum absolute atomic E-state index is 12.6. The van der Waals surface area contributed by atoms with Gasteiger partial charge in [-0.2, -0.15) is 0 Å². The van der Waals surface area contributed by atoms with E-state index in [2.05, 4.69) is 41.4 Å². The summed E-state index contributed by atoms with van der Waals surface area (Å²) in [7, 11) is 4.31. The standard InChI is InChI=1S/C23H30ClN3OS/c1-27(2)21(18-10-12-19(24)13-11-18)17-8-6-16(7-9-17)15-26-22(28)20-5-4-14-25-23(20)29-3/h4-5,10-14,16-17,21H,6-9,15H2,1-3H3,(H,26,28). The number of benzene rings is 1. The van der Waals surface area contributed by atoms with Gasteiger partial charge in [-0.25, -0.2) is 4.98 Å². The Bertz CT molecular complexity index is 804. The molecular weight excluding hydrogens is 402 g/mol. The molecule has 0 saturated heterocycles. The Balaban J connectivity index is 1.54. The van der Waals surface area contributed by atoms with Crippen LogP contribution in [0.5, 0.6) is 0 Å². The van der Waals surface area contributed by atoms with Crippen LogP contribution in [0.4, 0.5) is 0 Å². The molecule has 0 aliphatic heterocycles. The zero-order valence-electron chi connectivity index (χ0n) is 17.4. The lowest BCUT2D eigenvalue weighted by Gasteiger charge is -2.37. The summed E-state index contributed by atoms with van der Waals surface area (Å²) in [6.07, 6.45) is 8.31. The molecule has 0 spiro atoms. The van der Waals surface area contributed by atoms with Gasteiger partial charge in [0.1, 0.15) is 5.03 Å². The van der Waals surface area contributed by atoms with E-state index in [4.69, 9.17) is 11.6 Å². The average molecular weight is 432 g/mol. The van der Waals surface area contributed by atoms with E-state index < -0.39 is 0 Å². The van der Waals surface area contributed by atoms with Gasteiger partial charge in [0.25, 0.3) is 5.91 Å². The number of rotatable bonds is 7. The Kier molecular flexibility index (Phi) is 7.99. The van der Waals surface area contributed by atoms with Crippen molar-refractivity contribution in [1.29, 1.82) is 0 Å². The van der Waals surface area contributed by atoms with E-state index in [0.717, 1.165) is 29.4 Å². The van der Waals surface area contributed by atoms with Gasteiger partial charge in [0.05, 0.1) is 5.56 Å². The fraction of sp³-hybridized carbons (Fsp3) is 0.478. The van der Waals surface area contributed by atoms with Gasteiger partial charge in [-0.15, -0.1) is 11.8 Å². The summed E-state index contributed by atoms with van der Waals surface area (Å²) in [4.78, 5) is 19.2. The molecule has 1 aliphatic rings. The van der Waals surface area contributed by atoms with Gasteiger partial charge < -0.3 is 10.2 Å². The quantitative estimate of drug-likeness (QED) is 0.604. The molecule has 156 valence electrons. The predicted octanol–water partition coefficient (Wildman–Crippen LogP) is 5.30. The highest BCUT2D eigenvalue weighted by Crippen LogP contribution is 2.39. The highest BCUT2D eigenvalue weighted by Gasteiger charge is 2.30. The first-order valence-electron chi connectivity index (χ1n) is 10.2. The number of hydrogen-bond donors (Lipinski definition) is 1. The lowest BCUT2D eigenvalue weighted by molar-refractivity contribution is 0.0931. The average Bonchev–Trinajstić information content (AvgIpc) is 2.74. The summed E-state index contributed by atoms with van der Waals surface area (Å²) >= 11 is 7.58. The van der Waals surface area contributed by atoms with Crippen molar-refractivity contribution >= 4 is 29.3 Å². The molecule has 1 saturated carbocycles. The molecule has 0 bridgehead atoms. The molecule has 1 aliphatic carbocycles. The van der Waals surface area contributed by atoms with Gasteiger partial charge >= 0.3 is 0 Å². The number of carbonyl (C=O) groups is 1. The third-order valence-corrected chi connectivity index (χ3v) is 6.83. The summed E-state index contributed by atoms with van der Waals surface area (Å²) in [5.41, 5.74) is 2.00. The molecule has 1 fully saturated rings. The highest BCUT2D eigenvalue weighted by atomic mass is 35.5. The molecule has 1 aromatic carbocycles. The first-order valence-corrected chi connectivity index (χ1v) is 11.8. The van der Waals surface area contributed by atoms with E-state index in [1.165, 1.54) is 30.2 Å². The number of amides is 1. The second-order valence-electron chi connectivity index (χ2n) is 8.01. The van der Waals surface area contributed by atoms with Gasteiger partial charge in [0.15, 0.2) is 0 Å². The monoisotopic (exact) mass is 431 g/mol. The molecule has 2 aromatic rings. The van der Waals surface area contributed by atoms with E-state index in [-0.39, 0.29) is 5.91 Å². The van der Waals surface area contributed by atoms with Crippen molar-refractivity contribution in [1.82, 2.24) is 15.2 Å². The molecule has 1 N–H and O–H groups in total. The van der Waals surface area contributed by atoms with Crippen LogP contribution in [0.1, 0.15) is 47.6 Å². The Hall–Kier alpha value is -1.56. The number of pyridine rings is 1. The first-order chi connectivity index (χ1) is 14.0. The van der Waals surface area contributed by atoms with Crippen LogP contribution in [0.2, 0.25) is 5.02 Å². The van der Waals surface area contributed by atoms with Crippen LogP contribution in [-0.2, 0) is 0 Å². The third kappa shape index (κ3) is 5.74. The number of aromatic nitrogens is 1. The Labute approximate surface area is 183 Å². The Morgan fingerprint density at radius 2 is 1.90 bits per heavy atom. The number of halogens is 1. The van der Waals surface area contributed by atoms with E-state index >= 15 is 0 Å². The van der Waals surface area contributed by atoms with Gasteiger partial charge in [-0.3, -0.25) is 4.79 Å². The van der Waals surface area contributed by atoms with Gasteiger partial charge in [0, 0.05) is 23.8 Å². The predicted molar refractivity (Wildman–Crippen MR) is 122 cm³/mol. The van der Waals surface area contributed by atoms with Gasteiger partial charge in [-0.05, 0) is 87.7 Å². The van der Waals surface area contributed by atoms with Crippen molar-refractivity contribution < 1.29 is 4.79 Å². The molecule has 6 heteroatoms. The van der Waals surface area contributed by atoms with Crippen molar-refractivity contribution in [3.63, 3.8) is 0 Å². The van der Waals surface area contributed by atoms with Crippen molar-refractivity contribution in [2.45, 2.75) is 36.8 Å². The maximum atomic E-state index is 12.6. The number of nitrogens with one attached hydrogen (secondary N) is 1. The van der Waals surface area contributed by atoms with Crippen LogP contribution < -0.4 is 5.32 Å². The minimum atomic E-state index is -0.0168. The number of carbonyl (C=O) groups excluding carboxylic acids is 1. The smallest absolute Gasteiger partial charge is 0.254 e. The van der Waals surface area contributed by atoms with Crippen molar-refractivity contribution in [3.8, 4) is 0 Å². The lowest BCUT2D eigenvalue weighted by Crippen LogP contribution is -2.34. The fourth-order valence-electron chi connectivity index (χ4n) is 4.42. The van der Waals surface area contributed by atoms with Crippen molar-refractivity contribution in [2.24, 2.45) is 11.8 Å². The highest BCUT2D eigenvalue weighted by molar-refractivity contribution is 7.98. The Morgan fingerprint density at radius 1 is 1.21 bits per heavy atom. The zero-order chi connectivity index (χ0) is 20.8. The largest absolute Gasteiger partial charge is 0.352 e. The number of hydrogen-bond acceptors (Lipinski definition) is 4. The second-order valence-corrected chi connectivity index (χ2v) is 9.24. The molecule has 1 aromatic heterocycles. The van der Waals surface area contributed by atoms with Crippen LogP contribution in [0.15, 0.2) is 47.6 Å². The molecule has 1 amide bonds. The van der Waals surface area contributed by atoms with E-state index in [1.54, 1.807) is 6.20 Å². The minimum Gasteiger partial charge on any atom is -0.352 e. The van der Waals surface area contributed by atoms with Crippen molar-refractivity contribution in [2.75, 3.05) is 26.9 Å². The summed E-state index contributed by atoms with van der Waals surface area (Å²) in [5.74, 6) is 1.15. The zero-order valence-corrected chi connectivity index (χ0v) is 19.0. The summed E-state index contributed by atoms with van der Waals surface area (Å²) in [6, 6.07) is 12.3. The molecule has 0 radical (unpaired) electrons. The first kappa shape index (κ1) is 22.1. The van der Waals surface area contributed by atoms with E-state index in [9.17, 15) is 4.79 Å². The summed E-state index contributed by atoms with van der Waals surface area (Å²) < 4.78 is 0. The van der Waals surface area contributed by atoms with E-state index in [0.29, 0.717) is 23.4 Å². The SMILES string of the molecule is CSc1ncccc1C(=O)NCC1CCC(C(c2ccc(Cl)cc2)N(C)C)CC1. The molecule has 29 heavy (non-hydrogen) atoms. The van der Waals surface area contributed by atoms with Crippen LogP contribution in [0.25, 0.3) is 0 Å². The fourth-order valence-corrected chi connectivity index (χ4v) is 5.09. The van der Waals surface area contributed by atoms with E-state index in [1.807, 2.05) is 30.5 Å². The maximum Gasteiger partial charge on any atom is 0.254 e. The van der Waals surface area contributed by atoms with Crippen molar-refractivity contribution in [3.05, 3.63) is 58.7 Å². The van der Waals surface area contributed by atoms with Crippen LogP contribution >= 0.6 is 23.4 Å². The molecule has 1 unspecified atom stereocenters. The van der Waals surface area contributed by atoms with Crippen LogP contribution in [0, 0.1) is 11.8 Å². The number of nitrogens with zero attached hydrogens (tertiary/aromatic N) is 2. The summed E-state index contributed by atoms with van der Waals surface area (Å²) in [5, 5.41) is 4.70. The Morgan fingerprint density at radius 3 is 2.52 bits per heavy atom. The normalized spacial score (nSPS) is 20.4. The molecule has 1 heterocycles. The third-order valence-electron chi connectivity index (χ3n) is 5.87. The topological polar surface area (TPSA) is 45.2 Å². The molecular formula is C23H30ClN3OS. The van der Waals surface area contributed by atoms with Crippen LogP contribution in [0.3, 0.4) is 0 Å². The number of thioether (sulfide) groups is 1. The second kappa shape index (κ2) is 10.5. The minimum absolute atomic E-state index is 0.0168. The van der Waals surface area contributed by atoms with Gasteiger partial charge in [0.2, 0.25) is 0 Å². The molecule has 4 nitrogen and oxygen atoms in total. The summed E-state index contributed by atoms with van der Waals surface area (Å²) in [6.45, 7) is 0.738. The van der Waals surface area contributed by atoms with Gasteiger partial charge in [-0.1, -0.05) is 23.7 Å². The lowest BCUT2D eigenvalue weighted by atomic mass is 9.76. The molecule has 3 rings (SSSR count). The molecule has 1 atom stereocenters. The van der Waals surface area contributed by atoms with Crippen LogP contribution in [-0.4, -0.2) is 42.7 Å².